The molecule has 2 heterocycles. The van der Waals surface area contributed by atoms with Crippen LogP contribution in [0.5, 0.6) is 5.75 Å². The molecule has 1 aliphatic rings. The highest BCUT2D eigenvalue weighted by atomic mass is 16.5. The number of para-hydroxylation sites is 1. The molecule has 0 unspecified atom stereocenters. The SMILES string of the molecule is CCOC(=O)C1=C(C)N(c2ccc(OC)cc2)C(=O)/C1=C\c1cc(C)n(-c2ccccc2C(=O)OC)c1C. The van der Waals surface area contributed by atoms with Gasteiger partial charge < -0.3 is 18.8 Å². The van der Waals surface area contributed by atoms with Gasteiger partial charge in [0.05, 0.1) is 43.2 Å². The Labute approximate surface area is 221 Å². The number of esters is 2. The Kier molecular flexibility index (Phi) is 7.52. The Bertz CT molecular complexity index is 1480. The summed E-state index contributed by atoms with van der Waals surface area (Å²) in [6.07, 6.45) is 1.71. The molecule has 4 rings (SSSR count). The molecule has 1 amide bonds. The van der Waals surface area contributed by atoms with Gasteiger partial charge in [-0.1, -0.05) is 12.1 Å². The smallest absolute Gasteiger partial charge is 0.340 e. The van der Waals surface area contributed by atoms with E-state index in [1.165, 1.54) is 12.0 Å². The third kappa shape index (κ3) is 4.61. The van der Waals surface area contributed by atoms with E-state index in [0.717, 1.165) is 17.0 Å². The zero-order valence-electron chi connectivity index (χ0n) is 22.3. The van der Waals surface area contributed by atoms with Crippen molar-refractivity contribution in [1.29, 1.82) is 0 Å². The molecule has 0 N–H and O–H groups in total. The fraction of sp³-hybridized carbons (Fsp3) is 0.233. The Balaban J connectivity index is 1.85. The molecule has 1 aromatic heterocycles. The number of methoxy groups -OCH3 is 2. The molecule has 0 radical (unpaired) electrons. The molecule has 0 fully saturated rings. The van der Waals surface area contributed by atoms with E-state index in [1.807, 2.05) is 36.6 Å². The molecular weight excluding hydrogens is 484 g/mol. The van der Waals surface area contributed by atoms with Crippen LogP contribution >= 0.6 is 0 Å². The summed E-state index contributed by atoms with van der Waals surface area (Å²) in [5.74, 6) is -0.693. The van der Waals surface area contributed by atoms with Crippen molar-refractivity contribution in [2.24, 2.45) is 0 Å². The van der Waals surface area contributed by atoms with Crippen LogP contribution in [-0.2, 0) is 19.1 Å². The first-order valence-electron chi connectivity index (χ1n) is 12.2. The van der Waals surface area contributed by atoms with Crippen molar-refractivity contribution < 1.29 is 28.6 Å². The zero-order chi connectivity index (χ0) is 27.6. The molecule has 3 aromatic rings. The third-order valence-electron chi connectivity index (χ3n) is 6.53. The molecule has 8 nitrogen and oxygen atoms in total. The van der Waals surface area contributed by atoms with E-state index in [1.54, 1.807) is 63.4 Å². The summed E-state index contributed by atoms with van der Waals surface area (Å²) in [5.41, 5.74) is 4.99. The number of ether oxygens (including phenoxy) is 3. The first kappa shape index (κ1) is 26.5. The quantitative estimate of drug-likeness (QED) is 0.320. The van der Waals surface area contributed by atoms with Crippen molar-refractivity contribution in [3.05, 3.63) is 94.0 Å². The summed E-state index contributed by atoms with van der Waals surface area (Å²) in [6, 6.07) is 16.1. The van der Waals surface area contributed by atoms with Crippen LogP contribution in [0.25, 0.3) is 11.8 Å². The Hall–Kier alpha value is -4.59. The number of allylic oxidation sites excluding steroid dienone is 1. The highest BCUT2D eigenvalue weighted by Gasteiger charge is 2.38. The van der Waals surface area contributed by atoms with E-state index in [-0.39, 0.29) is 23.7 Å². The zero-order valence-corrected chi connectivity index (χ0v) is 22.3. The lowest BCUT2D eigenvalue weighted by molar-refractivity contribution is -0.138. The number of anilines is 1. The second-order valence-electron chi connectivity index (χ2n) is 8.75. The minimum Gasteiger partial charge on any atom is -0.497 e. The van der Waals surface area contributed by atoms with Crippen LogP contribution in [0.4, 0.5) is 5.69 Å². The second kappa shape index (κ2) is 10.8. The standard InChI is InChI=1S/C30H30N2O6/c1-7-38-30(35)27-20(4)32(22-12-14-23(36-5)15-13-22)28(33)25(27)17-21-16-18(2)31(19(21)3)26-11-9-8-10-24(26)29(34)37-6/h8-17H,7H2,1-6H3/b25-17-. The van der Waals surface area contributed by atoms with Crippen molar-refractivity contribution in [3.63, 3.8) is 0 Å². The lowest BCUT2D eigenvalue weighted by Crippen LogP contribution is -2.24. The molecule has 8 heteroatoms. The summed E-state index contributed by atoms with van der Waals surface area (Å²) in [4.78, 5) is 40.7. The van der Waals surface area contributed by atoms with E-state index in [2.05, 4.69) is 0 Å². The van der Waals surface area contributed by atoms with E-state index in [4.69, 9.17) is 14.2 Å². The van der Waals surface area contributed by atoms with Crippen LogP contribution in [0.15, 0.2) is 71.4 Å². The fourth-order valence-electron chi connectivity index (χ4n) is 4.73. The van der Waals surface area contributed by atoms with Crippen molar-refractivity contribution >= 4 is 29.6 Å². The summed E-state index contributed by atoms with van der Waals surface area (Å²) >= 11 is 0. The molecule has 2 aromatic carbocycles. The fourth-order valence-corrected chi connectivity index (χ4v) is 4.73. The first-order chi connectivity index (χ1) is 18.2. The lowest BCUT2D eigenvalue weighted by Gasteiger charge is -2.18. The van der Waals surface area contributed by atoms with Crippen molar-refractivity contribution in [2.45, 2.75) is 27.7 Å². The van der Waals surface area contributed by atoms with Gasteiger partial charge in [-0.05, 0) is 81.8 Å². The van der Waals surface area contributed by atoms with Crippen molar-refractivity contribution in [2.75, 3.05) is 25.7 Å². The van der Waals surface area contributed by atoms with Gasteiger partial charge in [0.15, 0.2) is 0 Å². The van der Waals surface area contributed by atoms with Crippen LogP contribution in [0, 0.1) is 13.8 Å². The molecule has 0 saturated carbocycles. The Morgan fingerprint density at radius 2 is 1.63 bits per heavy atom. The monoisotopic (exact) mass is 514 g/mol. The molecule has 0 spiro atoms. The Morgan fingerprint density at radius 1 is 0.947 bits per heavy atom. The molecule has 0 saturated heterocycles. The van der Waals surface area contributed by atoms with Gasteiger partial charge in [0, 0.05) is 22.8 Å². The van der Waals surface area contributed by atoms with Gasteiger partial charge in [0.25, 0.3) is 5.91 Å². The summed E-state index contributed by atoms with van der Waals surface area (Å²) in [6.45, 7) is 7.44. The number of aromatic nitrogens is 1. The Morgan fingerprint density at radius 3 is 2.26 bits per heavy atom. The molecule has 196 valence electrons. The largest absolute Gasteiger partial charge is 0.497 e. The van der Waals surface area contributed by atoms with Gasteiger partial charge in [-0.3, -0.25) is 9.69 Å². The number of benzene rings is 2. The van der Waals surface area contributed by atoms with Gasteiger partial charge in [-0.2, -0.15) is 0 Å². The lowest BCUT2D eigenvalue weighted by atomic mass is 10.0. The number of hydrogen-bond donors (Lipinski definition) is 0. The molecule has 0 aliphatic carbocycles. The maximum absolute atomic E-state index is 13.8. The van der Waals surface area contributed by atoms with Gasteiger partial charge >= 0.3 is 11.9 Å². The third-order valence-corrected chi connectivity index (χ3v) is 6.53. The van der Waals surface area contributed by atoms with Crippen LogP contribution in [-0.4, -0.2) is 43.2 Å². The van der Waals surface area contributed by atoms with Gasteiger partial charge in [0.1, 0.15) is 5.75 Å². The van der Waals surface area contributed by atoms with Crippen molar-refractivity contribution in [3.8, 4) is 11.4 Å². The number of carbonyl (C=O) groups is 3. The highest BCUT2D eigenvalue weighted by molar-refractivity contribution is 6.24. The molecule has 38 heavy (non-hydrogen) atoms. The molecule has 1 aliphatic heterocycles. The van der Waals surface area contributed by atoms with Gasteiger partial charge in [0.2, 0.25) is 0 Å². The van der Waals surface area contributed by atoms with E-state index in [9.17, 15) is 14.4 Å². The van der Waals surface area contributed by atoms with E-state index in [0.29, 0.717) is 28.4 Å². The number of carbonyl (C=O) groups excluding carboxylic acids is 3. The molecule has 0 bridgehead atoms. The molecular formula is C30H30N2O6. The number of hydrogen-bond acceptors (Lipinski definition) is 6. The maximum Gasteiger partial charge on any atom is 0.340 e. The van der Waals surface area contributed by atoms with Crippen molar-refractivity contribution in [1.82, 2.24) is 4.57 Å². The van der Waals surface area contributed by atoms with E-state index >= 15 is 0 Å². The normalized spacial score (nSPS) is 14.3. The molecule has 0 atom stereocenters. The number of amides is 1. The predicted octanol–water partition coefficient (Wildman–Crippen LogP) is 5.16. The number of nitrogens with zero attached hydrogens (tertiary/aromatic N) is 2. The topological polar surface area (TPSA) is 87.1 Å². The van der Waals surface area contributed by atoms with Crippen LogP contribution in [0.1, 0.15) is 41.2 Å². The number of rotatable bonds is 7. The van der Waals surface area contributed by atoms with Gasteiger partial charge in [-0.15, -0.1) is 0 Å². The number of aryl methyl sites for hydroxylation is 1. The average Bonchev–Trinajstić information content (AvgIpc) is 3.34. The van der Waals surface area contributed by atoms with Gasteiger partial charge in [-0.25, -0.2) is 9.59 Å². The first-order valence-corrected chi connectivity index (χ1v) is 12.2. The summed E-state index contributed by atoms with van der Waals surface area (Å²) in [7, 11) is 2.91. The minimum absolute atomic E-state index is 0.179. The highest BCUT2D eigenvalue weighted by Crippen LogP contribution is 2.37. The van der Waals surface area contributed by atoms with E-state index < -0.39 is 11.9 Å². The van der Waals surface area contributed by atoms with Crippen LogP contribution in [0.3, 0.4) is 0 Å². The van der Waals surface area contributed by atoms with Crippen LogP contribution < -0.4 is 9.64 Å². The summed E-state index contributed by atoms with van der Waals surface area (Å²) in [5, 5.41) is 0. The summed E-state index contributed by atoms with van der Waals surface area (Å²) < 4.78 is 17.5. The van der Waals surface area contributed by atoms with Crippen LogP contribution in [0.2, 0.25) is 0 Å². The minimum atomic E-state index is -0.564. The average molecular weight is 515 g/mol. The predicted molar refractivity (Wildman–Crippen MR) is 144 cm³/mol. The second-order valence-corrected chi connectivity index (χ2v) is 8.75. The maximum atomic E-state index is 13.8.